The van der Waals surface area contributed by atoms with Gasteiger partial charge < -0.3 is 23.8 Å². The summed E-state index contributed by atoms with van der Waals surface area (Å²) in [6, 6.07) is 9.41. The number of nitrogens with one attached hydrogen (secondary N) is 1. The van der Waals surface area contributed by atoms with Crippen molar-refractivity contribution in [1.29, 1.82) is 0 Å². The molecule has 3 saturated heterocycles. The Morgan fingerprint density at radius 1 is 0.940 bits per heavy atom. The van der Waals surface area contributed by atoms with Gasteiger partial charge in [0, 0.05) is 81.3 Å². The summed E-state index contributed by atoms with van der Waals surface area (Å²) in [6.45, 7) is 4.92. The number of rotatable bonds is 7. The molecule has 2 aromatic carbocycles. The smallest absolute Gasteiger partial charge is 0.261 e. The second kappa shape index (κ2) is 12.0. The van der Waals surface area contributed by atoms with Crippen LogP contribution >= 0.6 is 0 Å². The monoisotopic (exact) mass is 679 g/mol. The molecule has 1 atom stereocenters. The minimum absolute atomic E-state index is 0.0907. The maximum Gasteiger partial charge on any atom is 0.261 e. The van der Waals surface area contributed by atoms with Gasteiger partial charge in [0.2, 0.25) is 11.8 Å². The number of anilines is 1. The number of hydrogen-bond donors (Lipinski definition) is 1. The first-order valence-electron chi connectivity index (χ1n) is 17.1. The third kappa shape index (κ3) is 5.31. The summed E-state index contributed by atoms with van der Waals surface area (Å²) in [5, 5.41) is 7.52. The van der Waals surface area contributed by atoms with Crippen molar-refractivity contribution >= 4 is 34.3 Å². The Bertz CT molecular complexity index is 2100. The molecule has 1 N–H and O–H groups in total. The third-order valence-corrected chi connectivity index (χ3v) is 11.1. The zero-order valence-electron chi connectivity index (χ0n) is 28.8. The number of piperidine rings is 2. The number of nitrogens with zero attached hydrogens (tertiary/aromatic N) is 6. The average molecular weight is 680 g/mol. The number of benzene rings is 2. The molecule has 0 bridgehead atoms. The van der Waals surface area contributed by atoms with Crippen LogP contribution < -0.4 is 25.2 Å². The topological polar surface area (TPSA) is 131 Å². The van der Waals surface area contributed by atoms with Crippen molar-refractivity contribution in [3.63, 3.8) is 0 Å². The molecule has 8 rings (SSSR count). The molecule has 3 fully saturated rings. The molecule has 4 aliphatic rings. The number of imide groups is 1. The van der Waals surface area contributed by atoms with Crippen molar-refractivity contribution in [2.75, 3.05) is 45.3 Å². The van der Waals surface area contributed by atoms with E-state index < -0.39 is 6.04 Å². The Morgan fingerprint density at radius 3 is 2.34 bits per heavy atom. The zero-order chi connectivity index (χ0) is 34.9. The van der Waals surface area contributed by atoms with Gasteiger partial charge in [0.05, 0.1) is 25.2 Å². The molecule has 0 saturated carbocycles. The van der Waals surface area contributed by atoms with Gasteiger partial charge in [-0.15, -0.1) is 0 Å². The number of pyridine rings is 1. The van der Waals surface area contributed by atoms with Crippen molar-refractivity contribution in [3.8, 4) is 22.6 Å². The average Bonchev–Trinajstić information content (AvgIpc) is 3.64. The van der Waals surface area contributed by atoms with Crippen LogP contribution in [0, 0.1) is 5.41 Å². The highest BCUT2D eigenvalue weighted by Crippen LogP contribution is 2.45. The van der Waals surface area contributed by atoms with E-state index in [0.717, 1.165) is 78.5 Å². The standard InChI is InChI=1S/C37H41N7O6/c1-40-17-26(33-28(35(40)47)18-41(2)39-33)22-14-30(49-3)27(31(15-22)50-4)19-42-11-9-37(10-12-42)20-43(21-37)24-5-6-25-23(13-24)16-44(36(25)48)29-7-8-32(45)38-34(29)46/h5-6,13-15,17-18,29H,7-12,16,19-21H2,1-4H3,(H,38,45,46). The van der Waals surface area contributed by atoms with Gasteiger partial charge in [0.1, 0.15) is 23.1 Å². The number of fused-ring (bicyclic) bond motifs is 2. The molecule has 3 amide bonds. The molecule has 13 nitrogen and oxygen atoms in total. The first kappa shape index (κ1) is 32.1. The van der Waals surface area contributed by atoms with Gasteiger partial charge in [-0.05, 0) is 73.8 Å². The van der Waals surface area contributed by atoms with Crippen molar-refractivity contribution in [2.45, 2.75) is 44.8 Å². The predicted octanol–water partition coefficient (Wildman–Crippen LogP) is 2.82. The number of aryl methyl sites for hydroxylation is 2. The van der Waals surface area contributed by atoms with Crippen molar-refractivity contribution in [1.82, 2.24) is 29.5 Å². The van der Waals surface area contributed by atoms with Crippen LogP contribution in [-0.4, -0.2) is 88.3 Å². The number of likely N-dealkylation sites (tertiary alicyclic amines) is 1. The Balaban J connectivity index is 0.928. The number of methoxy groups -OCH3 is 2. The Hall–Kier alpha value is -5.17. The summed E-state index contributed by atoms with van der Waals surface area (Å²) >= 11 is 0. The van der Waals surface area contributed by atoms with E-state index in [9.17, 15) is 19.2 Å². The van der Waals surface area contributed by atoms with Crippen LogP contribution in [0.2, 0.25) is 0 Å². The SMILES string of the molecule is COc1cc(-c2cn(C)c(=O)c3cn(C)nc23)cc(OC)c1CN1CCC2(CC1)CN(c1ccc3c(c1)CN(C1CCC(=O)NC1=O)C3=O)C2. The summed E-state index contributed by atoms with van der Waals surface area (Å²) < 4.78 is 15.1. The fraction of sp³-hybridized carbons (Fsp3) is 0.432. The normalized spacial score (nSPS) is 20.3. The molecule has 6 heterocycles. The molecular formula is C37H41N7O6. The van der Waals surface area contributed by atoms with E-state index in [0.29, 0.717) is 36.0 Å². The highest BCUT2D eigenvalue weighted by molar-refractivity contribution is 6.05. The summed E-state index contributed by atoms with van der Waals surface area (Å²) in [5.74, 6) is 0.654. The molecule has 13 heteroatoms. The number of carbonyl (C=O) groups excluding carboxylic acids is 3. The van der Waals surface area contributed by atoms with Gasteiger partial charge in [-0.3, -0.25) is 34.1 Å². The van der Waals surface area contributed by atoms with Crippen LogP contribution in [0.1, 0.15) is 47.2 Å². The second-order valence-corrected chi connectivity index (χ2v) is 14.3. The number of carbonyl (C=O) groups is 3. The number of aromatic nitrogens is 3. The number of ether oxygens (including phenoxy) is 2. The fourth-order valence-corrected chi connectivity index (χ4v) is 8.28. The van der Waals surface area contributed by atoms with Gasteiger partial charge in [0.15, 0.2) is 0 Å². The molecule has 1 spiro atoms. The zero-order valence-corrected chi connectivity index (χ0v) is 28.8. The summed E-state index contributed by atoms with van der Waals surface area (Å²) in [5.41, 5.74) is 6.17. The third-order valence-electron chi connectivity index (χ3n) is 11.1. The first-order valence-corrected chi connectivity index (χ1v) is 17.1. The van der Waals surface area contributed by atoms with Crippen molar-refractivity contribution < 1.29 is 23.9 Å². The lowest BCUT2D eigenvalue weighted by atomic mass is 9.71. The van der Waals surface area contributed by atoms with Crippen LogP contribution in [0.25, 0.3) is 22.0 Å². The highest BCUT2D eigenvalue weighted by atomic mass is 16.5. The quantitative estimate of drug-likeness (QED) is 0.293. The van der Waals surface area contributed by atoms with Crippen LogP contribution in [0.15, 0.2) is 47.5 Å². The molecule has 4 aromatic rings. The van der Waals surface area contributed by atoms with Gasteiger partial charge in [-0.1, -0.05) is 0 Å². The summed E-state index contributed by atoms with van der Waals surface area (Å²) in [6.07, 6.45) is 6.33. The Kier molecular flexibility index (Phi) is 7.70. The van der Waals surface area contributed by atoms with Crippen LogP contribution in [0.5, 0.6) is 11.5 Å². The Labute approximate surface area is 289 Å². The molecular weight excluding hydrogens is 638 g/mol. The highest BCUT2D eigenvalue weighted by Gasteiger charge is 2.46. The molecule has 2 aromatic heterocycles. The Morgan fingerprint density at radius 2 is 1.66 bits per heavy atom. The van der Waals surface area contributed by atoms with E-state index in [1.165, 1.54) is 0 Å². The lowest BCUT2D eigenvalue weighted by Gasteiger charge is -2.55. The fourth-order valence-electron chi connectivity index (χ4n) is 8.28. The van der Waals surface area contributed by atoms with E-state index in [2.05, 4.69) is 26.3 Å². The number of amides is 3. The van der Waals surface area contributed by atoms with Gasteiger partial charge in [-0.2, -0.15) is 5.10 Å². The lowest BCUT2D eigenvalue weighted by molar-refractivity contribution is -0.136. The first-order chi connectivity index (χ1) is 24.1. The maximum absolute atomic E-state index is 13.1. The van der Waals surface area contributed by atoms with Crippen LogP contribution in [0.3, 0.4) is 0 Å². The van der Waals surface area contributed by atoms with Gasteiger partial charge in [0.25, 0.3) is 11.5 Å². The molecule has 1 unspecified atom stereocenters. The van der Waals surface area contributed by atoms with Gasteiger partial charge in [-0.25, -0.2) is 0 Å². The molecule has 0 aliphatic carbocycles. The predicted molar refractivity (Wildman–Crippen MR) is 186 cm³/mol. The van der Waals surface area contributed by atoms with E-state index in [1.807, 2.05) is 37.5 Å². The van der Waals surface area contributed by atoms with E-state index in [-0.39, 0.29) is 35.1 Å². The minimum atomic E-state index is -0.607. The minimum Gasteiger partial charge on any atom is -0.496 e. The molecule has 4 aliphatic heterocycles. The van der Waals surface area contributed by atoms with Gasteiger partial charge >= 0.3 is 0 Å². The molecule has 50 heavy (non-hydrogen) atoms. The van der Waals surface area contributed by atoms with E-state index in [4.69, 9.17) is 9.47 Å². The van der Waals surface area contributed by atoms with Crippen molar-refractivity contribution in [2.24, 2.45) is 19.5 Å². The second-order valence-electron chi connectivity index (χ2n) is 14.3. The molecule has 0 radical (unpaired) electrons. The van der Waals surface area contributed by atoms with E-state index >= 15 is 0 Å². The van der Waals surface area contributed by atoms with Crippen LogP contribution in [0.4, 0.5) is 5.69 Å². The largest absolute Gasteiger partial charge is 0.496 e. The van der Waals surface area contributed by atoms with Crippen molar-refractivity contribution in [3.05, 3.63) is 69.8 Å². The summed E-state index contributed by atoms with van der Waals surface area (Å²) in [7, 11) is 6.91. The molecule has 260 valence electrons. The van der Waals surface area contributed by atoms with Crippen LogP contribution in [-0.2, 0) is 36.8 Å². The van der Waals surface area contributed by atoms with E-state index in [1.54, 1.807) is 41.6 Å². The number of hydrogen-bond acceptors (Lipinski definition) is 9. The lowest BCUT2D eigenvalue weighted by Crippen LogP contribution is -2.60. The maximum atomic E-state index is 13.1. The summed E-state index contributed by atoms with van der Waals surface area (Å²) in [4.78, 5) is 56.4.